The first-order valence-corrected chi connectivity index (χ1v) is 3.88. The van der Waals surface area contributed by atoms with Crippen molar-refractivity contribution in [3.63, 3.8) is 0 Å². The Morgan fingerprint density at radius 1 is 1.25 bits per heavy atom. The van der Waals surface area contributed by atoms with E-state index >= 15 is 0 Å². The van der Waals surface area contributed by atoms with Gasteiger partial charge in [0.2, 0.25) is 0 Å². The summed E-state index contributed by atoms with van der Waals surface area (Å²) in [6.45, 7) is 2.06. The fraction of sp³-hybridized carbons (Fsp3) is 0.200. The molecule has 1 rings (SSSR count). The summed E-state index contributed by atoms with van der Waals surface area (Å²) in [6.07, 6.45) is -0.806. The van der Waals surface area contributed by atoms with Crippen LogP contribution in [0.15, 0.2) is 24.3 Å². The molecule has 16 heavy (non-hydrogen) atoms. The van der Waals surface area contributed by atoms with Gasteiger partial charge in [0.25, 0.3) is 0 Å². The number of aryl methyl sites for hydroxylation is 1. The summed E-state index contributed by atoms with van der Waals surface area (Å²) in [7, 11) is 0. The van der Waals surface area contributed by atoms with E-state index in [4.69, 9.17) is 10.2 Å². The van der Waals surface area contributed by atoms with Gasteiger partial charge in [-0.1, -0.05) is 6.92 Å². The molecule has 0 atom stereocenters. The van der Waals surface area contributed by atoms with Crippen molar-refractivity contribution in [2.45, 2.75) is 13.3 Å². The molecule has 2 N–H and O–H groups in total. The van der Waals surface area contributed by atoms with Crippen LogP contribution in [0.3, 0.4) is 0 Å². The molecule has 0 aliphatic rings. The molecule has 0 aliphatic carbocycles. The molecule has 0 aliphatic heterocycles. The van der Waals surface area contributed by atoms with E-state index in [9.17, 15) is 9.59 Å². The third-order valence-corrected chi connectivity index (χ3v) is 1.19. The molecule has 1 aromatic rings. The molecular weight excluding hydrogens is 214 g/mol. The fourth-order valence-electron chi connectivity index (χ4n) is 0.600. The Bertz CT molecular complexity index is 296. The molecule has 0 heterocycles. The Morgan fingerprint density at radius 3 is 1.75 bits per heavy atom. The quantitative estimate of drug-likeness (QED) is 0.302. The van der Waals surface area contributed by atoms with Gasteiger partial charge in [-0.25, -0.2) is 0 Å². The number of benzene rings is 1. The molecule has 0 bridgehead atoms. The van der Waals surface area contributed by atoms with Gasteiger partial charge in [-0.3, -0.25) is 9.59 Å². The van der Waals surface area contributed by atoms with Crippen molar-refractivity contribution < 1.29 is 69.6 Å². The summed E-state index contributed by atoms with van der Waals surface area (Å²) < 4.78 is 0. The fourth-order valence-corrected chi connectivity index (χ4v) is 0.600. The first-order chi connectivity index (χ1) is 6.52. The molecule has 78 valence electrons. The molecule has 1 aromatic carbocycles. The van der Waals surface area contributed by atoms with Gasteiger partial charge in [0, 0.05) is 0 Å². The largest absolute Gasteiger partial charge is 1.00 e. The van der Waals surface area contributed by atoms with Crippen molar-refractivity contribution >= 4 is 11.9 Å². The van der Waals surface area contributed by atoms with Crippen molar-refractivity contribution in [1.29, 1.82) is 0 Å². The molecule has 6 heteroatoms. The second-order valence-corrected chi connectivity index (χ2v) is 2.54. The average Bonchev–Trinajstić information content (AvgIpc) is 2.03. The Kier molecular flexibility index (Phi) is 16.9. The van der Waals surface area contributed by atoms with E-state index in [2.05, 4.69) is 13.0 Å². The maximum atomic E-state index is 9.43. The molecule has 0 fully saturated rings. The van der Waals surface area contributed by atoms with Crippen LogP contribution in [0.5, 0.6) is 0 Å². The molecule has 0 unspecified atom stereocenters. The van der Waals surface area contributed by atoms with Crippen molar-refractivity contribution in [1.82, 2.24) is 0 Å². The number of aliphatic carboxylic acids is 2. The van der Waals surface area contributed by atoms with Gasteiger partial charge >= 0.3 is 60.4 Å². The topological polar surface area (TPSA) is 74.6 Å². The summed E-state index contributed by atoms with van der Waals surface area (Å²) in [5.74, 6) is -2.62. The SMILES string of the molecule is Cc1cc[c-]cc1.O=C(O)CC(=O)O.[H-].[Li+].[Na+]. The third-order valence-electron chi connectivity index (χ3n) is 1.19. The van der Waals surface area contributed by atoms with Crippen LogP contribution in [0.2, 0.25) is 0 Å². The van der Waals surface area contributed by atoms with Gasteiger partial charge in [0.1, 0.15) is 6.42 Å². The monoisotopic (exact) mass is 226 g/mol. The minimum Gasteiger partial charge on any atom is -1.00 e. The van der Waals surface area contributed by atoms with Crippen LogP contribution in [0.25, 0.3) is 0 Å². The maximum absolute atomic E-state index is 9.43. The predicted molar refractivity (Wildman–Crippen MR) is 51.0 cm³/mol. The van der Waals surface area contributed by atoms with Crippen molar-refractivity contribution in [2.75, 3.05) is 0 Å². The number of carbonyl (C=O) groups is 2. The second-order valence-electron chi connectivity index (χ2n) is 2.54. The van der Waals surface area contributed by atoms with Crippen molar-refractivity contribution in [3.8, 4) is 0 Å². The number of rotatable bonds is 2. The zero-order valence-electron chi connectivity index (χ0n) is 10.7. The first-order valence-electron chi connectivity index (χ1n) is 3.88. The number of carboxylic acid groups (broad SMARTS) is 2. The zero-order valence-corrected chi connectivity index (χ0v) is 11.7. The molecule has 0 aromatic heterocycles. The normalized spacial score (nSPS) is 7.31. The van der Waals surface area contributed by atoms with Crippen LogP contribution in [0.4, 0.5) is 0 Å². The predicted octanol–water partition coefficient (Wildman–Crippen LogP) is -4.54. The molecule has 4 nitrogen and oxygen atoms in total. The van der Waals surface area contributed by atoms with Crippen LogP contribution >= 0.6 is 0 Å². The second kappa shape index (κ2) is 12.8. The van der Waals surface area contributed by atoms with Crippen LogP contribution in [-0.2, 0) is 9.59 Å². The first kappa shape index (κ1) is 21.1. The van der Waals surface area contributed by atoms with Crippen LogP contribution in [-0.4, -0.2) is 22.2 Å². The summed E-state index contributed by atoms with van der Waals surface area (Å²) >= 11 is 0. The number of hydrogen-bond donors (Lipinski definition) is 2. The maximum Gasteiger partial charge on any atom is 1.00 e. The molecule has 0 radical (unpaired) electrons. The minimum atomic E-state index is -1.31. The minimum absolute atomic E-state index is 0. The van der Waals surface area contributed by atoms with Gasteiger partial charge in [-0.05, 0) is 0 Å². The van der Waals surface area contributed by atoms with Gasteiger partial charge in [0.05, 0.1) is 0 Å². The third kappa shape index (κ3) is 16.2. The summed E-state index contributed by atoms with van der Waals surface area (Å²) in [5.41, 5.74) is 1.29. The smallest absolute Gasteiger partial charge is 1.00 e. The zero-order chi connectivity index (χ0) is 11.0. The standard InChI is InChI=1S/C7H7.C3H4O4.Li.Na.H/c1-7-5-3-2-4-6-7;4-2(5)1-3(6)7;;;/h3-6H,1H3;1H2,(H,4,5)(H,6,7);;;/q-1;;2*+1;-1. The average molecular weight is 226 g/mol. The molecule has 0 saturated carbocycles. The Labute approximate surface area is 130 Å². The van der Waals surface area contributed by atoms with E-state index in [-0.39, 0.29) is 49.8 Å². The van der Waals surface area contributed by atoms with Crippen LogP contribution < -0.4 is 48.4 Å². The van der Waals surface area contributed by atoms with Crippen molar-refractivity contribution in [3.05, 3.63) is 35.9 Å². The van der Waals surface area contributed by atoms with Gasteiger partial charge in [-0.15, -0.1) is 0 Å². The molecule has 0 saturated heterocycles. The molecule has 0 amide bonds. The Hall–Kier alpha value is -0.243. The van der Waals surface area contributed by atoms with E-state index in [0.717, 1.165) is 0 Å². The van der Waals surface area contributed by atoms with E-state index in [1.807, 2.05) is 24.3 Å². The van der Waals surface area contributed by atoms with Crippen LogP contribution in [0.1, 0.15) is 13.4 Å². The number of carboxylic acids is 2. The summed E-state index contributed by atoms with van der Waals surface area (Å²) in [4.78, 5) is 18.9. The van der Waals surface area contributed by atoms with Crippen LogP contribution in [0, 0.1) is 13.0 Å². The van der Waals surface area contributed by atoms with Gasteiger partial charge in [0.15, 0.2) is 0 Å². The summed E-state index contributed by atoms with van der Waals surface area (Å²) in [5, 5.41) is 15.4. The van der Waals surface area contributed by atoms with Gasteiger partial charge < -0.3 is 11.6 Å². The molecular formula is C10H12LiNaO4. The Morgan fingerprint density at radius 2 is 1.62 bits per heavy atom. The van der Waals surface area contributed by atoms with Gasteiger partial charge in [-0.2, -0.15) is 35.9 Å². The number of hydrogen-bond acceptors (Lipinski definition) is 2. The van der Waals surface area contributed by atoms with E-state index in [1.54, 1.807) is 0 Å². The van der Waals surface area contributed by atoms with E-state index < -0.39 is 18.4 Å². The summed E-state index contributed by atoms with van der Waals surface area (Å²) in [6, 6.07) is 10.8. The van der Waals surface area contributed by atoms with E-state index in [0.29, 0.717) is 0 Å². The Balaban J connectivity index is -0.0000000845. The molecule has 0 spiro atoms. The van der Waals surface area contributed by atoms with E-state index in [1.165, 1.54) is 5.56 Å². The van der Waals surface area contributed by atoms with Crippen molar-refractivity contribution in [2.24, 2.45) is 0 Å².